The number of guanidine groups is 1. The molecule has 2 aromatic rings. The van der Waals surface area contributed by atoms with Gasteiger partial charge in [-0.25, -0.2) is 0 Å². The van der Waals surface area contributed by atoms with E-state index in [1.807, 2.05) is 61.5 Å². The summed E-state index contributed by atoms with van der Waals surface area (Å²) >= 11 is 0. The number of hydrogen-bond acceptors (Lipinski definition) is 6. The molecule has 0 aliphatic carbocycles. The summed E-state index contributed by atoms with van der Waals surface area (Å²) in [7, 11) is 0. The summed E-state index contributed by atoms with van der Waals surface area (Å²) in [6.07, 6.45) is 0.254. The Bertz CT molecular complexity index is 1140. The smallest absolute Gasteiger partial charge is 0.274 e. The summed E-state index contributed by atoms with van der Waals surface area (Å²) in [6.45, 7) is 6.48. The zero-order valence-corrected chi connectivity index (χ0v) is 18.4. The maximum absolute atomic E-state index is 13.2. The molecule has 0 spiro atoms. The SMILES string of the molecule is CC(=O)NN1C(=O)C(Cc2ccccc2)=NN2C1=NN(C(C)=O)C2(C)c1ccc(C)cc1. The Morgan fingerprint density at radius 1 is 1.00 bits per heavy atom. The van der Waals surface area contributed by atoms with Gasteiger partial charge in [0.15, 0.2) is 5.66 Å². The minimum atomic E-state index is -1.13. The van der Waals surface area contributed by atoms with Crippen molar-refractivity contribution in [2.24, 2.45) is 10.2 Å². The van der Waals surface area contributed by atoms with Crippen LogP contribution in [0.4, 0.5) is 0 Å². The number of fused-ring (bicyclic) bond motifs is 1. The van der Waals surface area contributed by atoms with Crippen molar-refractivity contribution in [3.8, 4) is 0 Å². The largest absolute Gasteiger partial charge is 0.296 e. The van der Waals surface area contributed by atoms with Crippen molar-refractivity contribution in [1.29, 1.82) is 0 Å². The fraction of sp³-hybridized carbons (Fsp3) is 0.261. The number of hydrazine groups is 1. The van der Waals surface area contributed by atoms with E-state index in [0.29, 0.717) is 0 Å². The highest BCUT2D eigenvalue weighted by Crippen LogP contribution is 2.40. The average Bonchev–Trinajstić information content (AvgIpc) is 3.05. The van der Waals surface area contributed by atoms with Crippen LogP contribution in [-0.4, -0.2) is 44.4 Å². The summed E-state index contributed by atoms with van der Waals surface area (Å²) in [4.78, 5) is 37.7. The number of nitrogens with one attached hydrogen (secondary N) is 1. The second-order valence-electron chi connectivity index (χ2n) is 7.95. The summed E-state index contributed by atoms with van der Waals surface area (Å²) in [5.74, 6) is -1.22. The van der Waals surface area contributed by atoms with Crippen LogP contribution in [0.15, 0.2) is 64.8 Å². The molecule has 3 amide bonds. The highest BCUT2D eigenvalue weighted by atomic mass is 16.2. The normalized spacial score (nSPS) is 20.0. The van der Waals surface area contributed by atoms with Gasteiger partial charge in [0.1, 0.15) is 5.71 Å². The Balaban J connectivity index is 1.86. The summed E-state index contributed by atoms with van der Waals surface area (Å²) in [6, 6.07) is 17.1. The summed E-state index contributed by atoms with van der Waals surface area (Å²) in [5.41, 5.74) is 4.33. The Hall–Kier alpha value is -4.01. The van der Waals surface area contributed by atoms with Crippen LogP contribution in [0, 0.1) is 6.92 Å². The molecule has 0 aromatic heterocycles. The van der Waals surface area contributed by atoms with Gasteiger partial charge in [0, 0.05) is 25.8 Å². The number of hydrazone groups is 2. The van der Waals surface area contributed by atoms with E-state index < -0.39 is 17.5 Å². The molecule has 1 N–H and O–H groups in total. The quantitative estimate of drug-likeness (QED) is 0.800. The lowest BCUT2D eigenvalue weighted by Crippen LogP contribution is -2.62. The second kappa shape index (κ2) is 7.92. The van der Waals surface area contributed by atoms with E-state index >= 15 is 0 Å². The molecule has 4 rings (SSSR count). The fourth-order valence-electron chi connectivity index (χ4n) is 3.83. The lowest BCUT2D eigenvalue weighted by molar-refractivity contribution is -0.139. The summed E-state index contributed by atoms with van der Waals surface area (Å²) < 4.78 is 0. The van der Waals surface area contributed by atoms with Crippen molar-refractivity contribution >= 4 is 29.4 Å². The lowest BCUT2D eigenvalue weighted by atomic mass is 9.98. The number of benzene rings is 2. The molecule has 1 atom stereocenters. The molecule has 32 heavy (non-hydrogen) atoms. The number of amides is 3. The fourth-order valence-corrected chi connectivity index (χ4v) is 3.83. The highest BCUT2D eigenvalue weighted by molar-refractivity contribution is 6.43. The van der Waals surface area contributed by atoms with Gasteiger partial charge in [0.25, 0.3) is 11.9 Å². The molecule has 2 aliphatic heterocycles. The van der Waals surface area contributed by atoms with Crippen LogP contribution in [0.5, 0.6) is 0 Å². The zero-order chi connectivity index (χ0) is 23.0. The second-order valence-corrected chi connectivity index (χ2v) is 7.95. The van der Waals surface area contributed by atoms with E-state index in [-0.39, 0.29) is 24.0 Å². The van der Waals surface area contributed by atoms with Gasteiger partial charge in [0.2, 0.25) is 11.8 Å². The summed E-state index contributed by atoms with van der Waals surface area (Å²) in [5, 5.41) is 12.9. The van der Waals surface area contributed by atoms with Crippen molar-refractivity contribution in [2.75, 3.05) is 0 Å². The Labute approximate surface area is 186 Å². The first-order chi connectivity index (χ1) is 15.2. The van der Waals surface area contributed by atoms with Crippen LogP contribution in [0.1, 0.15) is 37.5 Å². The van der Waals surface area contributed by atoms with Crippen LogP contribution in [0.25, 0.3) is 0 Å². The molecule has 2 aromatic carbocycles. The van der Waals surface area contributed by atoms with Crippen molar-refractivity contribution in [2.45, 2.75) is 39.8 Å². The molecule has 0 saturated carbocycles. The maximum Gasteiger partial charge on any atom is 0.296 e. The van der Waals surface area contributed by atoms with Gasteiger partial charge >= 0.3 is 0 Å². The minimum Gasteiger partial charge on any atom is -0.274 e. The molecule has 0 fully saturated rings. The van der Waals surface area contributed by atoms with E-state index in [0.717, 1.165) is 21.7 Å². The molecule has 2 aliphatic rings. The van der Waals surface area contributed by atoms with Gasteiger partial charge in [-0.3, -0.25) is 19.8 Å². The molecule has 9 nitrogen and oxygen atoms in total. The predicted octanol–water partition coefficient (Wildman–Crippen LogP) is 2.09. The highest BCUT2D eigenvalue weighted by Gasteiger charge is 2.54. The van der Waals surface area contributed by atoms with E-state index in [1.165, 1.54) is 23.9 Å². The standard InChI is InChI=1S/C23H24N6O3/c1-15-10-12-19(13-11-15)23(4)28(17(3)31)26-22-27(24-16(2)30)21(32)20(25-29(22)23)14-18-8-6-5-7-9-18/h5-13H,14H2,1-4H3,(H,24,30). The molecular weight excluding hydrogens is 408 g/mol. The minimum absolute atomic E-state index is 0.0558. The number of carbonyl (C=O) groups excluding carboxylic acids is 3. The lowest BCUT2D eigenvalue weighted by Gasteiger charge is -2.40. The predicted molar refractivity (Wildman–Crippen MR) is 119 cm³/mol. The van der Waals surface area contributed by atoms with Crippen molar-refractivity contribution in [3.63, 3.8) is 0 Å². The number of nitrogens with zero attached hydrogens (tertiary/aromatic N) is 5. The van der Waals surface area contributed by atoms with Gasteiger partial charge in [-0.05, 0) is 19.4 Å². The van der Waals surface area contributed by atoms with Crippen LogP contribution < -0.4 is 5.43 Å². The molecular formula is C23H24N6O3. The van der Waals surface area contributed by atoms with Crippen molar-refractivity contribution < 1.29 is 14.4 Å². The number of rotatable bonds is 4. The first-order valence-corrected chi connectivity index (χ1v) is 10.2. The zero-order valence-electron chi connectivity index (χ0n) is 18.4. The van der Waals surface area contributed by atoms with Crippen molar-refractivity contribution in [1.82, 2.24) is 20.5 Å². The van der Waals surface area contributed by atoms with Crippen LogP contribution in [-0.2, 0) is 26.5 Å². The van der Waals surface area contributed by atoms with Gasteiger partial charge in [-0.2, -0.15) is 20.1 Å². The average molecular weight is 432 g/mol. The Kier molecular flexibility index (Phi) is 5.25. The van der Waals surface area contributed by atoms with Gasteiger partial charge in [-0.15, -0.1) is 5.10 Å². The molecule has 0 radical (unpaired) electrons. The van der Waals surface area contributed by atoms with Gasteiger partial charge in [-0.1, -0.05) is 60.2 Å². The Morgan fingerprint density at radius 2 is 1.66 bits per heavy atom. The van der Waals surface area contributed by atoms with Gasteiger partial charge < -0.3 is 0 Å². The van der Waals surface area contributed by atoms with E-state index in [2.05, 4.69) is 15.6 Å². The molecule has 0 bridgehead atoms. The molecule has 2 heterocycles. The molecule has 1 unspecified atom stereocenters. The van der Waals surface area contributed by atoms with Crippen LogP contribution in [0.3, 0.4) is 0 Å². The Morgan fingerprint density at radius 3 is 2.25 bits per heavy atom. The monoisotopic (exact) mass is 432 g/mol. The molecule has 9 heteroatoms. The van der Waals surface area contributed by atoms with Gasteiger partial charge in [0.05, 0.1) is 0 Å². The third-order valence-electron chi connectivity index (χ3n) is 5.45. The van der Waals surface area contributed by atoms with Crippen molar-refractivity contribution in [3.05, 3.63) is 71.3 Å². The van der Waals surface area contributed by atoms with E-state index in [4.69, 9.17) is 0 Å². The van der Waals surface area contributed by atoms with E-state index in [9.17, 15) is 14.4 Å². The first-order valence-electron chi connectivity index (χ1n) is 10.2. The van der Waals surface area contributed by atoms with Crippen LogP contribution in [0.2, 0.25) is 0 Å². The number of carbonyl (C=O) groups is 3. The number of aryl methyl sites for hydroxylation is 1. The molecule has 164 valence electrons. The molecule has 0 saturated heterocycles. The first kappa shape index (κ1) is 21.2. The number of hydrogen-bond donors (Lipinski definition) is 1. The topological polar surface area (TPSA) is 97.7 Å². The van der Waals surface area contributed by atoms with Crippen LogP contribution >= 0.6 is 0 Å². The third-order valence-corrected chi connectivity index (χ3v) is 5.45. The third kappa shape index (κ3) is 3.51. The maximum atomic E-state index is 13.2. The van der Waals surface area contributed by atoms with E-state index in [1.54, 1.807) is 6.92 Å².